The molecule has 22 atom stereocenters. The van der Waals surface area contributed by atoms with E-state index in [4.69, 9.17) is 48.4 Å². The van der Waals surface area contributed by atoms with Crippen LogP contribution in [-0.2, 0) is 57.1 Å². The largest absolute Gasteiger partial charge is 0.492 e. The minimum atomic E-state index is -1.89. The quantitative estimate of drug-likeness (QED) is 0.0235. The molecule has 87 heavy (non-hydrogen) atoms. The number of rotatable bonds is 32. The van der Waals surface area contributed by atoms with E-state index in [1.54, 1.807) is 0 Å². The molecule has 4 fully saturated rings. The van der Waals surface area contributed by atoms with Crippen molar-refractivity contribution in [1.82, 2.24) is 31.9 Å². The Hall–Kier alpha value is -5.16. The summed E-state index contributed by atoms with van der Waals surface area (Å²) in [6.07, 6.45) is -35.6. The molecule has 24 N–H and O–H groups in total. The lowest BCUT2D eigenvalue weighted by Crippen LogP contribution is -2.59. The molecule has 38 heteroatoms. The average molecular weight is 1260 g/mol. The van der Waals surface area contributed by atoms with Crippen LogP contribution in [0.15, 0.2) is 18.2 Å². The monoisotopic (exact) mass is 1260 g/mol. The molecule has 0 aliphatic carbocycles. The van der Waals surface area contributed by atoms with Crippen LogP contribution in [0.2, 0.25) is 0 Å². The number of hydrogen-bond acceptors (Lipinski definition) is 32. The Kier molecular flexibility index (Phi) is 29.4. The number of aliphatic hydroxyl groups is 16. The van der Waals surface area contributed by atoms with Crippen molar-refractivity contribution in [3.63, 3.8) is 0 Å². The van der Waals surface area contributed by atoms with Crippen LogP contribution in [0.4, 0.5) is 0 Å². The van der Waals surface area contributed by atoms with Crippen LogP contribution in [0.5, 0.6) is 5.75 Å². The number of nitrogens with two attached hydrogens (primary N) is 1. The van der Waals surface area contributed by atoms with Crippen molar-refractivity contribution in [1.29, 1.82) is 0 Å². The summed E-state index contributed by atoms with van der Waals surface area (Å²) < 4.78 is 48.1. The summed E-state index contributed by atoms with van der Waals surface area (Å²) in [7, 11) is 0. The third-order valence-electron chi connectivity index (χ3n) is 14.0. The SMILES string of the molecule is NCCOc1cc(C(=O)NC(CCC(=O)NCCO[C@@H]2OC(CO)[C@@H](O)C(O)C2O)C(=O)NCO[C@@H]2OC(CO)[C@@H](O)C(O)C2O)cc(C(=O)NC(CCC(=O)NCO[C@@H]2OC(CO)[C@@H](O)C(O)C2O)C(=O)NCO[C@@H]2OC(CO)[C@@H](O)C(O)C2O)c1. The molecule has 4 aliphatic rings. The Bertz CT molecular complexity index is 2350. The molecule has 1 aromatic carbocycles. The van der Waals surface area contributed by atoms with Gasteiger partial charge in [0.2, 0.25) is 23.6 Å². The van der Waals surface area contributed by atoms with Gasteiger partial charge in [-0.1, -0.05) is 0 Å². The summed E-state index contributed by atoms with van der Waals surface area (Å²) in [6.45, 7) is -6.36. The van der Waals surface area contributed by atoms with Gasteiger partial charge < -0.3 is 162 Å². The molecule has 4 aliphatic heterocycles. The standard InChI is InChI=1S/C49H79N7O31/c50-5-7-79-21-10-19(42(75)55-22(44(77)53-17-82-48-40(73)36(69)32(65)26(14-59)86-48)1-3-28(61)51-6-8-80-46-38(71)34(67)30(63)24(12-57)84-46)9-20(11-21)43(76)56-23(45(78)54-18-83-49-41(74)37(70)33(66)27(15-60)87-49)2-4-29(62)52-16-81-47-39(72)35(68)31(64)25(13-58)85-47/h9-11,22-27,30-41,46-49,57-60,63-74H,1-8,12-18,50H2,(H,51,61)(H,52,62)(H,53,77)(H,54,78)(H,55,75)(H,56,76)/t22?,23?,24?,25?,26?,27?,30-,31-,32-,33-,34?,35?,36?,37?,38?,39?,40?,41?,46-,47-,48-,49-/m1/s1. The molecule has 14 unspecified atom stereocenters. The van der Waals surface area contributed by atoms with Gasteiger partial charge in [0.15, 0.2) is 25.2 Å². The Morgan fingerprint density at radius 2 is 0.770 bits per heavy atom. The van der Waals surface area contributed by atoms with E-state index < -0.39 is 254 Å². The van der Waals surface area contributed by atoms with E-state index in [1.165, 1.54) is 0 Å². The molecular weight excluding hydrogens is 1180 g/mol. The molecule has 496 valence electrons. The summed E-state index contributed by atoms with van der Waals surface area (Å²) in [5.41, 5.74) is 4.85. The zero-order chi connectivity index (χ0) is 64.2. The molecule has 0 bridgehead atoms. The summed E-state index contributed by atoms with van der Waals surface area (Å²) >= 11 is 0. The van der Waals surface area contributed by atoms with E-state index in [1.807, 2.05) is 0 Å². The Balaban J connectivity index is 1.31. The molecule has 0 radical (unpaired) electrons. The van der Waals surface area contributed by atoms with Crippen LogP contribution in [0, 0.1) is 0 Å². The predicted octanol–water partition coefficient (Wildman–Crippen LogP) is -13.6. The zero-order valence-electron chi connectivity index (χ0n) is 46.4. The lowest BCUT2D eigenvalue weighted by Gasteiger charge is -2.39. The van der Waals surface area contributed by atoms with E-state index in [0.29, 0.717) is 0 Å². The first-order valence-corrected chi connectivity index (χ1v) is 27.3. The fraction of sp³-hybridized carbons (Fsp3) is 0.755. The molecule has 6 amide bonds. The normalized spacial score (nSPS) is 33.3. The van der Waals surface area contributed by atoms with Gasteiger partial charge in [-0.25, -0.2) is 0 Å². The first-order chi connectivity index (χ1) is 41.4. The molecule has 0 saturated carbocycles. The summed E-state index contributed by atoms with van der Waals surface area (Å²) in [5.74, 6) is -6.10. The summed E-state index contributed by atoms with van der Waals surface area (Å²) in [6, 6.07) is -0.126. The number of nitrogens with one attached hydrogen (secondary N) is 6. The number of carbonyl (C=O) groups is 6. The molecule has 5 rings (SSSR count). The van der Waals surface area contributed by atoms with Crippen molar-refractivity contribution in [2.24, 2.45) is 5.73 Å². The molecule has 4 saturated heterocycles. The number of carbonyl (C=O) groups excluding carboxylic acids is 6. The molecule has 4 heterocycles. The highest BCUT2D eigenvalue weighted by Gasteiger charge is 2.47. The van der Waals surface area contributed by atoms with Crippen LogP contribution in [0.25, 0.3) is 0 Å². The van der Waals surface area contributed by atoms with Crippen LogP contribution < -0.4 is 42.4 Å². The second-order valence-electron chi connectivity index (χ2n) is 20.1. The molecule has 0 aromatic heterocycles. The lowest BCUT2D eigenvalue weighted by molar-refractivity contribution is -0.302. The fourth-order valence-electron chi connectivity index (χ4n) is 8.90. The van der Waals surface area contributed by atoms with E-state index in [0.717, 1.165) is 18.2 Å². The molecule has 0 spiro atoms. The number of benzene rings is 1. The molecular formula is C49H79N7O31. The van der Waals surface area contributed by atoms with E-state index in [-0.39, 0.29) is 32.1 Å². The van der Waals surface area contributed by atoms with Gasteiger partial charge in [0.25, 0.3) is 11.8 Å². The minimum absolute atomic E-state index is 0.0869. The van der Waals surface area contributed by atoms with Crippen molar-refractivity contribution in [2.45, 2.75) is 161 Å². The van der Waals surface area contributed by atoms with E-state index in [9.17, 15) is 110 Å². The number of aliphatic hydroxyl groups excluding tert-OH is 16. The Morgan fingerprint density at radius 1 is 0.437 bits per heavy atom. The molecule has 38 nitrogen and oxygen atoms in total. The highest BCUT2D eigenvalue weighted by atomic mass is 16.7. The Morgan fingerprint density at radius 3 is 1.11 bits per heavy atom. The van der Waals surface area contributed by atoms with Gasteiger partial charge in [-0.15, -0.1) is 0 Å². The average Bonchev–Trinajstić information content (AvgIpc) is 3.07. The van der Waals surface area contributed by atoms with Crippen LogP contribution in [0.3, 0.4) is 0 Å². The van der Waals surface area contributed by atoms with Gasteiger partial charge >= 0.3 is 0 Å². The number of ether oxygens (including phenoxy) is 9. The second-order valence-corrected chi connectivity index (χ2v) is 20.1. The van der Waals surface area contributed by atoms with Crippen molar-refractivity contribution >= 4 is 35.4 Å². The van der Waals surface area contributed by atoms with E-state index in [2.05, 4.69) is 31.9 Å². The van der Waals surface area contributed by atoms with Crippen LogP contribution in [0.1, 0.15) is 46.4 Å². The maximum atomic E-state index is 14.2. The van der Waals surface area contributed by atoms with Crippen molar-refractivity contribution < 1.29 is 153 Å². The van der Waals surface area contributed by atoms with Crippen molar-refractivity contribution in [3.8, 4) is 5.75 Å². The number of hydrogen-bond donors (Lipinski definition) is 23. The van der Waals surface area contributed by atoms with Gasteiger partial charge in [0.1, 0.15) is 142 Å². The van der Waals surface area contributed by atoms with Gasteiger partial charge in [0, 0.05) is 37.1 Å². The van der Waals surface area contributed by atoms with Crippen LogP contribution in [-0.4, -0.2) is 325 Å². The van der Waals surface area contributed by atoms with Crippen molar-refractivity contribution in [3.05, 3.63) is 29.3 Å². The highest BCUT2D eigenvalue weighted by molar-refractivity contribution is 6.03. The maximum absolute atomic E-state index is 14.2. The predicted molar refractivity (Wildman–Crippen MR) is 278 cm³/mol. The van der Waals surface area contributed by atoms with Gasteiger partial charge in [-0.3, -0.25) is 28.8 Å². The first-order valence-electron chi connectivity index (χ1n) is 27.3. The van der Waals surface area contributed by atoms with Gasteiger partial charge in [-0.2, -0.15) is 0 Å². The highest BCUT2D eigenvalue weighted by Crippen LogP contribution is 2.26. The third kappa shape index (κ3) is 20.2. The summed E-state index contributed by atoms with van der Waals surface area (Å²) in [4.78, 5) is 82.1. The fourth-order valence-corrected chi connectivity index (χ4v) is 8.90. The van der Waals surface area contributed by atoms with Crippen molar-refractivity contribution in [2.75, 3.05) is 72.9 Å². The first kappa shape index (κ1) is 72.6. The zero-order valence-corrected chi connectivity index (χ0v) is 46.4. The third-order valence-corrected chi connectivity index (χ3v) is 14.0. The second kappa shape index (κ2) is 35.3. The maximum Gasteiger partial charge on any atom is 0.252 e. The van der Waals surface area contributed by atoms with E-state index >= 15 is 0 Å². The van der Waals surface area contributed by atoms with Gasteiger partial charge in [0.05, 0.1) is 33.0 Å². The smallest absolute Gasteiger partial charge is 0.252 e. The Labute approximate surface area is 493 Å². The lowest BCUT2D eigenvalue weighted by atomic mass is 9.99. The van der Waals surface area contributed by atoms with Gasteiger partial charge in [-0.05, 0) is 31.0 Å². The molecule has 1 aromatic rings. The van der Waals surface area contributed by atoms with Crippen LogP contribution >= 0.6 is 0 Å². The topological polar surface area (TPSA) is 607 Å². The number of amides is 6. The summed E-state index contributed by atoms with van der Waals surface area (Å²) in [5, 5.41) is 174. The minimum Gasteiger partial charge on any atom is -0.492 e.